The molecule has 25 heavy (non-hydrogen) atoms. The molecule has 5 nitrogen and oxygen atoms in total. The van der Waals surface area contributed by atoms with Crippen LogP contribution in [0.5, 0.6) is 0 Å². The van der Waals surface area contributed by atoms with E-state index < -0.39 is 5.60 Å². The van der Waals surface area contributed by atoms with Crippen molar-refractivity contribution in [2.75, 3.05) is 49.1 Å². The molecule has 0 saturated carbocycles. The van der Waals surface area contributed by atoms with Gasteiger partial charge in [0.15, 0.2) is 0 Å². The maximum absolute atomic E-state index is 14.5. The van der Waals surface area contributed by atoms with Crippen molar-refractivity contribution in [2.24, 2.45) is 0 Å². The number of hydrogen-bond acceptors (Lipinski definition) is 4. The molecule has 2 aliphatic rings. The topological polar surface area (TPSA) is 36.0 Å². The zero-order valence-electron chi connectivity index (χ0n) is 15.4. The van der Waals surface area contributed by atoms with Gasteiger partial charge in [-0.25, -0.2) is 9.18 Å². The molecule has 2 saturated heterocycles. The molecule has 2 aliphatic heterocycles. The van der Waals surface area contributed by atoms with E-state index in [-0.39, 0.29) is 11.9 Å². The molecule has 0 bridgehead atoms. The smallest absolute Gasteiger partial charge is 0.410 e. The molecule has 0 aliphatic carbocycles. The fourth-order valence-electron chi connectivity index (χ4n) is 3.47. The molecule has 2 heterocycles. The van der Waals surface area contributed by atoms with Crippen LogP contribution >= 0.6 is 0 Å². The summed E-state index contributed by atoms with van der Waals surface area (Å²) in [4.78, 5) is 18.3. The summed E-state index contributed by atoms with van der Waals surface area (Å²) in [6.07, 6.45) is 1.95. The summed E-state index contributed by atoms with van der Waals surface area (Å²) < 4.78 is 19.9. The SMILES string of the molecule is CC(C)(C)OC(=O)N1CCN(c2cccc(F)c2N2CCCC2)CC1. The average molecular weight is 349 g/mol. The van der Waals surface area contributed by atoms with E-state index in [1.807, 2.05) is 26.8 Å². The van der Waals surface area contributed by atoms with Crippen molar-refractivity contribution in [2.45, 2.75) is 39.2 Å². The lowest BCUT2D eigenvalue weighted by Crippen LogP contribution is -2.50. The van der Waals surface area contributed by atoms with E-state index in [4.69, 9.17) is 4.74 Å². The van der Waals surface area contributed by atoms with Gasteiger partial charge >= 0.3 is 6.09 Å². The molecule has 138 valence electrons. The molecule has 0 N–H and O–H groups in total. The molecule has 1 amide bonds. The quantitative estimate of drug-likeness (QED) is 0.819. The van der Waals surface area contributed by atoms with Crippen LogP contribution in [0.25, 0.3) is 0 Å². The number of halogens is 1. The van der Waals surface area contributed by atoms with Gasteiger partial charge in [0.1, 0.15) is 11.4 Å². The minimum atomic E-state index is -0.486. The second-order valence-electron chi connectivity index (χ2n) is 7.76. The Labute approximate surface area is 149 Å². The van der Waals surface area contributed by atoms with E-state index in [0.29, 0.717) is 31.9 Å². The molecule has 0 unspecified atom stereocenters. The van der Waals surface area contributed by atoms with Crippen LogP contribution in [-0.4, -0.2) is 55.9 Å². The molecule has 0 radical (unpaired) electrons. The standard InChI is InChI=1S/C19H28FN3O2/c1-19(2,3)25-18(24)23-13-11-21(12-14-23)16-8-6-7-15(20)17(16)22-9-4-5-10-22/h6-8H,4-5,9-14H2,1-3H3. The molecule has 3 rings (SSSR count). The average Bonchev–Trinajstić information content (AvgIpc) is 3.07. The summed E-state index contributed by atoms with van der Waals surface area (Å²) in [5.41, 5.74) is 1.16. The number of para-hydroxylation sites is 1. The predicted molar refractivity (Wildman–Crippen MR) is 97.9 cm³/mol. The van der Waals surface area contributed by atoms with Crippen molar-refractivity contribution >= 4 is 17.5 Å². The van der Waals surface area contributed by atoms with Crippen molar-refractivity contribution in [3.63, 3.8) is 0 Å². The van der Waals surface area contributed by atoms with Crippen molar-refractivity contribution in [1.82, 2.24) is 4.90 Å². The van der Waals surface area contributed by atoms with Gasteiger partial charge in [-0.15, -0.1) is 0 Å². The number of nitrogens with zero attached hydrogens (tertiary/aromatic N) is 3. The van der Waals surface area contributed by atoms with E-state index in [9.17, 15) is 9.18 Å². The van der Waals surface area contributed by atoms with Gasteiger partial charge in [-0.05, 0) is 45.7 Å². The second-order valence-corrected chi connectivity index (χ2v) is 7.76. The highest BCUT2D eigenvalue weighted by atomic mass is 19.1. The number of benzene rings is 1. The number of hydrogen-bond donors (Lipinski definition) is 0. The largest absolute Gasteiger partial charge is 0.444 e. The Morgan fingerprint density at radius 3 is 2.24 bits per heavy atom. The Kier molecular flexibility index (Phi) is 5.06. The molecule has 6 heteroatoms. The summed E-state index contributed by atoms with van der Waals surface area (Å²) in [5, 5.41) is 0. The van der Waals surface area contributed by atoms with Gasteiger partial charge in [0, 0.05) is 39.3 Å². The van der Waals surface area contributed by atoms with Gasteiger partial charge in [-0.1, -0.05) is 6.07 Å². The Morgan fingerprint density at radius 1 is 1.00 bits per heavy atom. The number of amides is 1. The first-order chi connectivity index (χ1) is 11.8. The van der Waals surface area contributed by atoms with Gasteiger partial charge in [0.25, 0.3) is 0 Å². The summed E-state index contributed by atoms with van der Waals surface area (Å²) in [7, 11) is 0. The summed E-state index contributed by atoms with van der Waals surface area (Å²) in [5.74, 6) is -0.158. The van der Waals surface area contributed by atoms with Crippen molar-refractivity contribution in [3.05, 3.63) is 24.0 Å². The van der Waals surface area contributed by atoms with E-state index in [2.05, 4.69) is 9.80 Å². The number of carbonyl (C=O) groups excluding carboxylic acids is 1. The van der Waals surface area contributed by atoms with Gasteiger partial charge < -0.3 is 19.4 Å². The molecule has 1 aromatic carbocycles. The highest BCUT2D eigenvalue weighted by Gasteiger charge is 2.28. The minimum absolute atomic E-state index is 0.158. The normalized spacial score (nSPS) is 18.6. The maximum Gasteiger partial charge on any atom is 0.410 e. The number of anilines is 2. The highest BCUT2D eigenvalue weighted by molar-refractivity contribution is 5.73. The molecule has 0 atom stereocenters. The van der Waals surface area contributed by atoms with Crippen LogP contribution in [0.2, 0.25) is 0 Å². The van der Waals surface area contributed by atoms with E-state index in [0.717, 1.165) is 31.6 Å². The number of piperazine rings is 1. The third-order valence-corrected chi connectivity index (χ3v) is 4.66. The fourth-order valence-corrected chi connectivity index (χ4v) is 3.47. The first-order valence-electron chi connectivity index (χ1n) is 9.11. The van der Waals surface area contributed by atoms with Crippen LogP contribution in [0.4, 0.5) is 20.6 Å². The zero-order chi connectivity index (χ0) is 18.0. The van der Waals surface area contributed by atoms with Crippen LogP contribution < -0.4 is 9.80 Å². The first kappa shape index (κ1) is 17.8. The van der Waals surface area contributed by atoms with E-state index >= 15 is 0 Å². The van der Waals surface area contributed by atoms with Crippen LogP contribution in [-0.2, 0) is 4.74 Å². The van der Waals surface area contributed by atoms with Gasteiger partial charge in [0.2, 0.25) is 0 Å². The van der Waals surface area contributed by atoms with Crippen molar-refractivity contribution < 1.29 is 13.9 Å². The molecule has 0 spiro atoms. The fraction of sp³-hybridized carbons (Fsp3) is 0.632. The van der Waals surface area contributed by atoms with E-state index in [1.54, 1.807) is 11.0 Å². The third kappa shape index (κ3) is 4.17. The Bertz CT molecular complexity index is 616. The predicted octanol–water partition coefficient (Wildman–Crippen LogP) is 3.48. The second kappa shape index (κ2) is 7.10. The lowest BCUT2D eigenvalue weighted by molar-refractivity contribution is 0.0240. The van der Waals surface area contributed by atoms with Gasteiger partial charge in [0.05, 0.1) is 11.4 Å². The lowest BCUT2D eigenvalue weighted by atomic mass is 10.2. The van der Waals surface area contributed by atoms with E-state index in [1.165, 1.54) is 6.07 Å². The highest BCUT2D eigenvalue weighted by Crippen LogP contribution is 2.35. The molecule has 0 aromatic heterocycles. The zero-order valence-corrected chi connectivity index (χ0v) is 15.4. The van der Waals surface area contributed by atoms with Gasteiger partial charge in [-0.3, -0.25) is 0 Å². The molecule has 2 fully saturated rings. The van der Waals surface area contributed by atoms with Crippen molar-refractivity contribution in [1.29, 1.82) is 0 Å². The Morgan fingerprint density at radius 2 is 1.64 bits per heavy atom. The Hall–Kier alpha value is -1.98. The third-order valence-electron chi connectivity index (χ3n) is 4.66. The first-order valence-corrected chi connectivity index (χ1v) is 9.11. The summed E-state index contributed by atoms with van der Waals surface area (Å²) >= 11 is 0. The monoisotopic (exact) mass is 349 g/mol. The molecule has 1 aromatic rings. The number of carbonyl (C=O) groups is 1. The van der Waals surface area contributed by atoms with Crippen LogP contribution in [0.3, 0.4) is 0 Å². The molecular formula is C19H28FN3O2. The number of ether oxygens (including phenoxy) is 1. The van der Waals surface area contributed by atoms with Crippen molar-refractivity contribution in [3.8, 4) is 0 Å². The minimum Gasteiger partial charge on any atom is -0.444 e. The summed E-state index contributed by atoms with van der Waals surface area (Å²) in [6, 6.07) is 5.29. The number of rotatable bonds is 2. The maximum atomic E-state index is 14.5. The molecular weight excluding hydrogens is 321 g/mol. The summed E-state index contributed by atoms with van der Waals surface area (Å²) in [6.45, 7) is 9.98. The van der Waals surface area contributed by atoms with Gasteiger partial charge in [-0.2, -0.15) is 0 Å². The Balaban J connectivity index is 1.69. The van der Waals surface area contributed by atoms with Crippen LogP contribution in [0.15, 0.2) is 18.2 Å². The van der Waals surface area contributed by atoms with Crippen LogP contribution in [0.1, 0.15) is 33.6 Å². The van der Waals surface area contributed by atoms with Crippen LogP contribution in [0, 0.1) is 5.82 Å². The lowest BCUT2D eigenvalue weighted by Gasteiger charge is -2.38.